The number of piperidine rings is 1. The first-order valence-corrected chi connectivity index (χ1v) is 11.2. The van der Waals surface area contributed by atoms with Crippen LogP contribution in [0.5, 0.6) is 0 Å². The Morgan fingerprint density at radius 2 is 1.67 bits per heavy atom. The molecule has 0 aliphatic carbocycles. The van der Waals surface area contributed by atoms with Crippen molar-refractivity contribution in [1.82, 2.24) is 4.31 Å². The van der Waals surface area contributed by atoms with Crippen molar-refractivity contribution in [2.45, 2.75) is 24.7 Å². The molecule has 0 unspecified atom stereocenters. The van der Waals surface area contributed by atoms with E-state index in [9.17, 15) is 13.2 Å². The molecule has 7 heteroatoms. The number of hydrogen-bond donors (Lipinski definition) is 1. The minimum atomic E-state index is -3.45. The highest BCUT2D eigenvalue weighted by Gasteiger charge is 2.27. The number of carbonyl (C=O) groups excluding carboxylic acids is 1. The average molecular weight is 451 g/mol. The van der Waals surface area contributed by atoms with Gasteiger partial charge in [0.2, 0.25) is 10.0 Å². The van der Waals surface area contributed by atoms with Crippen molar-refractivity contribution in [2.75, 3.05) is 25.0 Å². The summed E-state index contributed by atoms with van der Waals surface area (Å²) in [5, 5.41) is 3.05. The summed E-state index contributed by atoms with van der Waals surface area (Å²) in [5.74, 6) is 0.549. The summed E-state index contributed by atoms with van der Waals surface area (Å²) in [6, 6.07) is 13.8. The summed E-state index contributed by atoms with van der Waals surface area (Å²) in [5.41, 5.74) is 1.34. The number of rotatable bonds is 6. The molecule has 1 fully saturated rings. The monoisotopic (exact) mass is 450 g/mol. The van der Waals surface area contributed by atoms with Gasteiger partial charge in [0.15, 0.2) is 5.78 Å². The minimum absolute atomic E-state index is 0.0263. The molecule has 5 nitrogen and oxygen atoms in total. The number of benzene rings is 2. The van der Waals surface area contributed by atoms with Crippen molar-refractivity contribution < 1.29 is 13.2 Å². The van der Waals surface area contributed by atoms with Crippen LogP contribution < -0.4 is 5.32 Å². The average Bonchev–Trinajstić information content (AvgIpc) is 2.67. The SMILES string of the molecule is CC1CCN(S(=O)(=O)c2ccc(NCC(=O)c3ccc(Br)cc3)cc2)CC1. The van der Waals surface area contributed by atoms with E-state index in [0.29, 0.717) is 35.2 Å². The molecule has 1 heterocycles. The molecular weight excluding hydrogens is 428 g/mol. The van der Waals surface area contributed by atoms with Gasteiger partial charge in [-0.3, -0.25) is 4.79 Å². The maximum atomic E-state index is 12.7. The van der Waals surface area contributed by atoms with E-state index in [1.807, 2.05) is 12.1 Å². The Morgan fingerprint density at radius 3 is 2.26 bits per heavy atom. The summed E-state index contributed by atoms with van der Waals surface area (Å²) in [6.45, 7) is 3.45. The van der Waals surface area contributed by atoms with Crippen molar-refractivity contribution >= 4 is 37.4 Å². The molecule has 3 rings (SSSR count). The molecule has 0 amide bonds. The molecule has 0 saturated carbocycles. The third kappa shape index (κ3) is 4.97. The highest BCUT2D eigenvalue weighted by Crippen LogP contribution is 2.24. The van der Waals surface area contributed by atoms with Gasteiger partial charge in [-0.15, -0.1) is 0 Å². The zero-order valence-electron chi connectivity index (χ0n) is 15.2. The Labute approximate surface area is 169 Å². The van der Waals surface area contributed by atoms with E-state index in [4.69, 9.17) is 0 Å². The molecule has 1 saturated heterocycles. The van der Waals surface area contributed by atoms with Gasteiger partial charge < -0.3 is 5.32 Å². The summed E-state index contributed by atoms with van der Waals surface area (Å²) in [7, 11) is -3.45. The van der Waals surface area contributed by atoms with E-state index in [1.54, 1.807) is 40.7 Å². The molecule has 0 radical (unpaired) electrons. The zero-order chi connectivity index (χ0) is 19.4. The maximum absolute atomic E-state index is 12.7. The van der Waals surface area contributed by atoms with Crippen molar-refractivity contribution in [1.29, 1.82) is 0 Å². The molecule has 0 bridgehead atoms. The molecule has 144 valence electrons. The van der Waals surface area contributed by atoms with Crippen LogP contribution in [0.25, 0.3) is 0 Å². The second kappa shape index (κ2) is 8.54. The van der Waals surface area contributed by atoms with Crippen LogP contribution in [0.2, 0.25) is 0 Å². The first-order chi connectivity index (χ1) is 12.9. The Morgan fingerprint density at radius 1 is 1.07 bits per heavy atom. The van der Waals surface area contributed by atoms with Crippen molar-refractivity contribution in [3.8, 4) is 0 Å². The third-order valence-electron chi connectivity index (χ3n) is 4.85. The van der Waals surface area contributed by atoms with Crippen LogP contribution in [-0.2, 0) is 10.0 Å². The summed E-state index contributed by atoms with van der Waals surface area (Å²) in [6.07, 6.45) is 1.80. The predicted molar refractivity (Wildman–Crippen MR) is 111 cm³/mol. The second-order valence-corrected chi connectivity index (χ2v) is 9.75. The van der Waals surface area contributed by atoms with Crippen LogP contribution in [-0.4, -0.2) is 38.1 Å². The fraction of sp³-hybridized carbons (Fsp3) is 0.350. The number of sulfonamides is 1. The van der Waals surface area contributed by atoms with E-state index in [0.717, 1.165) is 17.3 Å². The third-order valence-corrected chi connectivity index (χ3v) is 7.30. The second-order valence-electron chi connectivity index (χ2n) is 6.89. The Balaban J connectivity index is 1.61. The van der Waals surface area contributed by atoms with Crippen LogP contribution >= 0.6 is 15.9 Å². The normalized spacial score (nSPS) is 16.2. The van der Waals surface area contributed by atoms with Gasteiger partial charge in [0.05, 0.1) is 11.4 Å². The lowest BCUT2D eigenvalue weighted by molar-refractivity contribution is 0.101. The lowest BCUT2D eigenvalue weighted by Crippen LogP contribution is -2.37. The van der Waals surface area contributed by atoms with Gasteiger partial charge in [-0.2, -0.15) is 4.31 Å². The summed E-state index contributed by atoms with van der Waals surface area (Å²) in [4.78, 5) is 12.5. The smallest absolute Gasteiger partial charge is 0.243 e. The number of halogens is 1. The van der Waals surface area contributed by atoms with Crippen LogP contribution in [0.4, 0.5) is 5.69 Å². The molecule has 0 atom stereocenters. The highest BCUT2D eigenvalue weighted by molar-refractivity contribution is 9.10. The molecule has 2 aromatic rings. The number of nitrogens with zero attached hydrogens (tertiary/aromatic N) is 1. The first kappa shape index (κ1) is 20.0. The molecule has 1 N–H and O–H groups in total. The first-order valence-electron chi connectivity index (χ1n) is 8.99. The highest BCUT2D eigenvalue weighted by atomic mass is 79.9. The lowest BCUT2D eigenvalue weighted by atomic mass is 10.0. The number of hydrogen-bond acceptors (Lipinski definition) is 4. The number of ketones is 1. The fourth-order valence-electron chi connectivity index (χ4n) is 3.04. The standard InChI is InChI=1S/C20H23BrN2O3S/c1-15-10-12-23(13-11-15)27(25,26)19-8-6-18(7-9-19)22-14-20(24)16-2-4-17(21)5-3-16/h2-9,15,22H,10-14H2,1H3. The number of anilines is 1. The van der Waals surface area contributed by atoms with E-state index in [2.05, 4.69) is 28.2 Å². The van der Waals surface area contributed by atoms with E-state index in [1.165, 1.54) is 0 Å². The van der Waals surface area contributed by atoms with Gasteiger partial charge in [0.25, 0.3) is 0 Å². The van der Waals surface area contributed by atoms with Gasteiger partial charge in [-0.1, -0.05) is 35.0 Å². The Hall–Kier alpha value is -1.70. The topological polar surface area (TPSA) is 66.5 Å². The minimum Gasteiger partial charge on any atom is -0.378 e. The quantitative estimate of drug-likeness (QED) is 0.670. The predicted octanol–water partition coefficient (Wildman–Crippen LogP) is 4.16. The number of Topliss-reactive ketones (excluding diaryl/α,β-unsaturated/α-hetero) is 1. The molecule has 2 aromatic carbocycles. The largest absolute Gasteiger partial charge is 0.378 e. The van der Waals surface area contributed by atoms with Gasteiger partial charge >= 0.3 is 0 Å². The zero-order valence-corrected chi connectivity index (χ0v) is 17.6. The molecular formula is C20H23BrN2O3S. The van der Waals surface area contributed by atoms with Crippen molar-refractivity contribution in [2.24, 2.45) is 5.92 Å². The van der Waals surface area contributed by atoms with Crippen LogP contribution in [0.1, 0.15) is 30.1 Å². The van der Waals surface area contributed by atoms with Gasteiger partial charge in [-0.05, 0) is 55.2 Å². The summed E-state index contributed by atoms with van der Waals surface area (Å²) >= 11 is 3.35. The van der Waals surface area contributed by atoms with Crippen molar-refractivity contribution in [3.63, 3.8) is 0 Å². The maximum Gasteiger partial charge on any atom is 0.243 e. The van der Waals surface area contributed by atoms with E-state index >= 15 is 0 Å². The molecule has 1 aliphatic heterocycles. The lowest BCUT2D eigenvalue weighted by Gasteiger charge is -2.29. The number of carbonyl (C=O) groups is 1. The Bertz CT molecular complexity index is 888. The van der Waals surface area contributed by atoms with Gasteiger partial charge in [-0.25, -0.2) is 8.42 Å². The molecule has 0 aromatic heterocycles. The van der Waals surface area contributed by atoms with E-state index < -0.39 is 10.0 Å². The molecule has 1 aliphatic rings. The van der Waals surface area contributed by atoms with Gasteiger partial charge in [0.1, 0.15) is 0 Å². The fourth-order valence-corrected chi connectivity index (χ4v) is 4.77. The molecule has 27 heavy (non-hydrogen) atoms. The number of nitrogens with one attached hydrogen (secondary N) is 1. The van der Waals surface area contributed by atoms with E-state index in [-0.39, 0.29) is 12.3 Å². The van der Waals surface area contributed by atoms with Crippen LogP contribution in [0, 0.1) is 5.92 Å². The van der Waals surface area contributed by atoms with Crippen LogP contribution in [0.15, 0.2) is 57.9 Å². The Kier molecular flexibility index (Phi) is 6.34. The van der Waals surface area contributed by atoms with Gasteiger partial charge in [0, 0.05) is 28.8 Å². The molecule has 0 spiro atoms. The van der Waals surface area contributed by atoms with Crippen LogP contribution in [0.3, 0.4) is 0 Å². The summed E-state index contributed by atoms with van der Waals surface area (Å²) < 4.78 is 27.9. The van der Waals surface area contributed by atoms with Crippen molar-refractivity contribution in [3.05, 3.63) is 58.6 Å².